The molecule has 2 unspecified atom stereocenters. The van der Waals surface area contributed by atoms with Crippen molar-refractivity contribution in [2.75, 3.05) is 6.67 Å². The quantitative estimate of drug-likeness (QED) is 0.627. The fourth-order valence-corrected chi connectivity index (χ4v) is 0.895. The molecule has 0 aromatic carbocycles. The first kappa shape index (κ1) is 11.8. The third-order valence-corrected chi connectivity index (χ3v) is 1.67. The minimum absolute atomic E-state index is 0.0179. The van der Waals surface area contributed by atoms with Crippen molar-refractivity contribution >= 4 is 0 Å². The minimum Gasteiger partial charge on any atom is -0.390 e. The molecule has 0 saturated carbocycles. The van der Waals surface area contributed by atoms with Gasteiger partial charge in [0.25, 0.3) is 0 Å². The Bertz CT molecular complexity index is 108. The van der Waals surface area contributed by atoms with Crippen LogP contribution in [0, 0.1) is 0 Å². The van der Waals surface area contributed by atoms with E-state index in [1.807, 2.05) is 0 Å². The molecule has 0 aliphatic heterocycles. The fourth-order valence-electron chi connectivity index (χ4n) is 0.895. The topological polar surface area (TPSA) is 20.2 Å². The van der Waals surface area contributed by atoms with E-state index in [9.17, 15) is 13.2 Å². The maximum absolute atomic E-state index is 12.7. The van der Waals surface area contributed by atoms with Gasteiger partial charge in [-0.3, -0.25) is 4.39 Å². The molecule has 0 fully saturated rings. The number of aliphatic hydroxyl groups excluding tert-OH is 1. The van der Waals surface area contributed by atoms with Gasteiger partial charge in [0.15, 0.2) is 6.17 Å². The zero-order valence-corrected chi connectivity index (χ0v) is 7.14. The summed E-state index contributed by atoms with van der Waals surface area (Å²) in [5.74, 6) is 0. The van der Waals surface area contributed by atoms with Crippen LogP contribution < -0.4 is 0 Å². The van der Waals surface area contributed by atoms with Crippen LogP contribution in [0.2, 0.25) is 0 Å². The summed E-state index contributed by atoms with van der Waals surface area (Å²) in [6.45, 7) is 0.699. The van der Waals surface area contributed by atoms with Crippen LogP contribution in [0.3, 0.4) is 0 Å². The van der Waals surface area contributed by atoms with E-state index in [4.69, 9.17) is 5.11 Å². The fraction of sp³-hybridized carbons (Fsp3) is 1.00. The van der Waals surface area contributed by atoms with Gasteiger partial charge in [0, 0.05) is 0 Å². The lowest BCUT2D eigenvalue weighted by Crippen LogP contribution is -2.28. The molecule has 12 heavy (non-hydrogen) atoms. The molecule has 1 N–H and O–H groups in total. The number of hydrogen-bond acceptors (Lipinski definition) is 1. The molecule has 0 rings (SSSR count). The lowest BCUT2D eigenvalue weighted by molar-refractivity contribution is 0.0339. The van der Waals surface area contributed by atoms with Gasteiger partial charge >= 0.3 is 0 Å². The molecule has 0 spiro atoms. The first-order valence-electron chi connectivity index (χ1n) is 4.11. The van der Waals surface area contributed by atoms with E-state index in [-0.39, 0.29) is 12.8 Å². The highest BCUT2D eigenvalue weighted by atomic mass is 19.2. The maximum atomic E-state index is 12.7. The number of rotatable bonds is 6. The molecular weight excluding hydrogens is 169 g/mol. The Hall–Kier alpha value is -0.250. The summed E-state index contributed by atoms with van der Waals surface area (Å²) < 4.78 is 36.9. The van der Waals surface area contributed by atoms with E-state index >= 15 is 0 Å². The average molecular weight is 184 g/mol. The molecular formula is C8H15F3O. The average Bonchev–Trinajstić information content (AvgIpc) is 2.03. The third kappa shape index (κ3) is 4.59. The molecule has 0 bridgehead atoms. The predicted octanol–water partition coefficient (Wildman–Crippen LogP) is 2.18. The normalized spacial score (nSPS) is 18.8. The van der Waals surface area contributed by atoms with Gasteiger partial charge in [-0.1, -0.05) is 0 Å². The molecule has 0 aromatic rings. The zero-order chi connectivity index (χ0) is 9.56. The predicted molar refractivity (Wildman–Crippen MR) is 41.3 cm³/mol. The van der Waals surface area contributed by atoms with Gasteiger partial charge in [-0.05, 0) is 26.2 Å². The van der Waals surface area contributed by atoms with Gasteiger partial charge in [0.2, 0.25) is 0 Å². The molecule has 0 aromatic heterocycles. The SMILES string of the molecule is C[C@H](O)C(F)C(F)CCCCF. The Morgan fingerprint density at radius 3 is 2.25 bits per heavy atom. The molecule has 0 radical (unpaired) electrons. The van der Waals surface area contributed by atoms with Gasteiger partial charge < -0.3 is 5.11 Å². The second-order valence-corrected chi connectivity index (χ2v) is 2.89. The Kier molecular flexibility index (Phi) is 6.16. The summed E-state index contributed by atoms with van der Waals surface area (Å²) in [6.07, 6.45) is -4.24. The standard InChI is InChI=1S/C8H15F3O/c1-6(12)8(11)7(10)4-2-3-5-9/h6-8,12H,2-5H2,1H3/t6-,7?,8?/m0/s1. The second kappa shape index (κ2) is 6.29. The van der Waals surface area contributed by atoms with Crippen LogP contribution in [0.15, 0.2) is 0 Å². The lowest BCUT2D eigenvalue weighted by atomic mass is 10.1. The highest BCUT2D eigenvalue weighted by Gasteiger charge is 2.24. The Morgan fingerprint density at radius 2 is 1.83 bits per heavy atom. The van der Waals surface area contributed by atoms with E-state index in [1.54, 1.807) is 0 Å². The molecule has 0 saturated heterocycles. The highest BCUT2D eigenvalue weighted by molar-refractivity contribution is 4.72. The monoisotopic (exact) mass is 184 g/mol. The number of aliphatic hydroxyl groups is 1. The lowest BCUT2D eigenvalue weighted by Gasteiger charge is -2.15. The van der Waals surface area contributed by atoms with E-state index in [2.05, 4.69) is 0 Å². The number of halogens is 3. The number of unbranched alkanes of at least 4 members (excludes halogenated alkanes) is 1. The first-order chi connectivity index (χ1) is 5.59. The highest BCUT2D eigenvalue weighted by Crippen LogP contribution is 2.14. The third-order valence-electron chi connectivity index (χ3n) is 1.67. The van der Waals surface area contributed by atoms with Crippen LogP contribution in [0.5, 0.6) is 0 Å². The Morgan fingerprint density at radius 1 is 1.25 bits per heavy atom. The summed E-state index contributed by atoms with van der Waals surface area (Å²) >= 11 is 0. The molecule has 1 nitrogen and oxygen atoms in total. The second-order valence-electron chi connectivity index (χ2n) is 2.89. The molecule has 0 heterocycles. The Labute approximate surface area is 70.6 Å². The summed E-state index contributed by atoms with van der Waals surface area (Å²) in [5, 5.41) is 8.66. The van der Waals surface area contributed by atoms with Crippen molar-refractivity contribution in [2.45, 2.75) is 44.6 Å². The van der Waals surface area contributed by atoms with Crippen molar-refractivity contribution in [1.29, 1.82) is 0 Å². The van der Waals surface area contributed by atoms with Gasteiger partial charge in [-0.15, -0.1) is 0 Å². The van der Waals surface area contributed by atoms with Crippen LogP contribution in [0.4, 0.5) is 13.2 Å². The van der Waals surface area contributed by atoms with Crippen LogP contribution in [-0.4, -0.2) is 30.2 Å². The molecule has 0 aliphatic carbocycles. The van der Waals surface area contributed by atoms with Crippen molar-refractivity contribution in [3.63, 3.8) is 0 Å². The molecule has 3 atom stereocenters. The van der Waals surface area contributed by atoms with E-state index in [0.717, 1.165) is 0 Å². The number of hydrogen-bond donors (Lipinski definition) is 1. The van der Waals surface area contributed by atoms with E-state index in [0.29, 0.717) is 6.42 Å². The summed E-state index contributed by atoms with van der Waals surface area (Å²) in [7, 11) is 0. The molecule has 4 heteroatoms. The van der Waals surface area contributed by atoms with E-state index in [1.165, 1.54) is 6.92 Å². The molecule has 74 valence electrons. The van der Waals surface area contributed by atoms with E-state index < -0.39 is 25.1 Å². The molecule has 0 aliphatic rings. The first-order valence-corrected chi connectivity index (χ1v) is 4.11. The van der Waals surface area contributed by atoms with Gasteiger partial charge in [-0.2, -0.15) is 0 Å². The maximum Gasteiger partial charge on any atom is 0.157 e. The largest absolute Gasteiger partial charge is 0.390 e. The van der Waals surface area contributed by atoms with Crippen molar-refractivity contribution in [3.8, 4) is 0 Å². The van der Waals surface area contributed by atoms with Gasteiger partial charge in [0.05, 0.1) is 12.8 Å². The van der Waals surface area contributed by atoms with Crippen LogP contribution in [-0.2, 0) is 0 Å². The Balaban J connectivity index is 3.49. The summed E-state index contributed by atoms with van der Waals surface area (Å²) in [4.78, 5) is 0. The van der Waals surface area contributed by atoms with Crippen LogP contribution in [0.25, 0.3) is 0 Å². The number of alkyl halides is 3. The van der Waals surface area contributed by atoms with Gasteiger partial charge in [-0.25, -0.2) is 8.78 Å². The van der Waals surface area contributed by atoms with Crippen molar-refractivity contribution in [1.82, 2.24) is 0 Å². The van der Waals surface area contributed by atoms with Crippen molar-refractivity contribution < 1.29 is 18.3 Å². The summed E-state index contributed by atoms with van der Waals surface area (Å²) in [5.41, 5.74) is 0. The van der Waals surface area contributed by atoms with Crippen LogP contribution in [0.1, 0.15) is 26.2 Å². The van der Waals surface area contributed by atoms with Crippen LogP contribution >= 0.6 is 0 Å². The smallest absolute Gasteiger partial charge is 0.157 e. The van der Waals surface area contributed by atoms with Gasteiger partial charge in [0.1, 0.15) is 6.17 Å². The van der Waals surface area contributed by atoms with Crippen molar-refractivity contribution in [3.05, 3.63) is 0 Å². The minimum atomic E-state index is -1.84. The summed E-state index contributed by atoms with van der Waals surface area (Å²) in [6, 6.07) is 0. The van der Waals surface area contributed by atoms with Crippen molar-refractivity contribution in [2.24, 2.45) is 0 Å². The zero-order valence-electron chi connectivity index (χ0n) is 7.14. The molecule has 0 amide bonds.